The third kappa shape index (κ3) is 4.30. The Balaban J connectivity index is 1.76. The summed E-state index contributed by atoms with van der Waals surface area (Å²) in [5, 5.41) is 9.11. The summed E-state index contributed by atoms with van der Waals surface area (Å²) in [6.45, 7) is 1.22. The van der Waals surface area contributed by atoms with Crippen LogP contribution in [0.1, 0.15) is 5.56 Å². The smallest absolute Gasteiger partial charge is 0.416 e. The number of aromatic amines is 1. The molecule has 0 saturated carbocycles. The molecule has 2 N–H and O–H groups in total. The van der Waals surface area contributed by atoms with Crippen LogP contribution in [0.3, 0.4) is 0 Å². The maximum atomic E-state index is 13.7. The number of rotatable bonds is 3. The van der Waals surface area contributed by atoms with Gasteiger partial charge in [0.15, 0.2) is 0 Å². The first-order valence-corrected chi connectivity index (χ1v) is 9.35. The third-order valence-electron chi connectivity index (χ3n) is 5.02. The molecule has 1 aliphatic rings. The number of pyridine rings is 1. The predicted molar refractivity (Wildman–Crippen MR) is 104 cm³/mol. The number of halogens is 4. The Morgan fingerprint density at radius 1 is 1.06 bits per heavy atom. The number of nitrogens with zero attached hydrogens (tertiary/aromatic N) is 4. The number of carboxylic acid groups (broad SMARTS) is 1. The van der Waals surface area contributed by atoms with Gasteiger partial charge in [-0.1, -0.05) is 12.1 Å². The van der Waals surface area contributed by atoms with E-state index >= 15 is 0 Å². The summed E-state index contributed by atoms with van der Waals surface area (Å²) >= 11 is 0. The van der Waals surface area contributed by atoms with E-state index in [-0.39, 0.29) is 24.3 Å². The zero-order valence-electron chi connectivity index (χ0n) is 16.0. The molecule has 11 heteroatoms. The van der Waals surface area contributed by atoms with Crippen LogP contribution < -0.4 is 4.90 Å². The van der Waals surface area contributed by atoms with Gasteiger partial charge in [-0.25, -0.2) is 14.8 Å². The van der Waals surface area contributed by atoms with Crippen molar-refractivity contribution in [1.82, 2.24) is 19.9 Å². The topological polar surface area (TPSA) is 85.3 Å². The molecule has 4 rings (SSSR count). The minimum Gasteiger partial charge on any atom is -0.465 e. The highest BCUT2D eigenvalue weighted by Crippen LogP contribution is 2.36. The summed E-state index contributed by atoms with van der Waals surface area (Å²) in [4.78, 5) is 25.3. The van der Waals surface area contributed by atoms with E-state index in [1.54, 1.807) is 4.90 Å². The fourth-order valence-corrected chi connectivity index (χ4v) is 3.44. The van der Waals surface area contributed by atoms with Gasteiger partial charge in [0.1, 0.15) is 0 Å². The molecular formula is C20H17F4N5O2. The highest BCUT2D eigenvalue weighted by molar-refractivity contribution is 5.80. The molecule has 3 heterocycles. The number of piperazine rings is 1. The molecule has 1 saturated heterocycles. The van der Waals surface area contributed by atoms with E-state index in [1.807, 2.05) is 0 Å². The standard InChI is InChI=1S/C20H17F4N5O2/c21-15-11-13(4-5-25-15)17-16(12-2-1-3-14(10-12)20(22,23)24)26-18(27-17)28-6-8-29(9-7-28)19(30)31/h1-5,10-11H,6-9H2,(H,26,27)(H,30,31). The van der Waals surface area contributed by atoms with Crippen molar-refractivity contribution in [2.24, 2.45) is 0 Å². The van der Waals surface area contributed by atoms with Crippen molar-refractivity contribution in [1.29, 1.82) is 0 Å². The van der Waals surface area contributed by atoms with Crippen LogP contribution in [0.4, 0.5) is 28.3 Å². The highest BCUT2D eigenvalue weighted by atomic mass is 19.4. The van der Waals surface area contributed by atoms with Crippen molar-refractivity contribution in [2.45, 2.75) is 6.18 Å². The molecule has 0 unspecified atom stereocenters. The first kappa shape index (κ1) is 20.6. The minimum absolute atomic E-state index is 0.216. The van der Waals surface area contributed by atoms with Gasteiger partial charge < -0.3 is 19.9 Å². The van der Waals surface area contributed by atoms with Crippen molar-refractivity contribution < 1.29 is 27.5 Å². The second-order valence-electron chi connectivity index (χ2n) is 6.99. The van der Waals surface area contributed by atoms with E-state index in [2.05, 4.69) is 15.0 Å². The van der Waals surface area contributed by atoms with Gasteiger partial charge in [0.25, 0.3) is 0 Å². The SMILES string of the molecule is O=C(O)N1CCN(c2nc(-c3cccc(C(F)(F)F)c3)c(-c3ccnc(F)c3)[nH]2)CC1. The van der Waals surface area contributed by atoms with Gasteiger partial charge >= 0.3 is 12.3 Å². The van der Waals surface area contributed by atoms with Crippen LogP contribution in [-0.2, 0) is 6.18 Å². The Morgan fingerprint density at radius 3 is 2.45 bits per heavy atom. The van der Waals surface area contributed by atoms with Crippen molar-refractivity contribution >= 4 is 12.0 Å². The van der Waals surface area contributed by atoms with Crippen LogP contribution >= 0.6 is 0 Å². The minimum atomic E-state index is -4.52. The third-order valence-corrected chi connectivity index (χ3v) is 5.02. The second-order valence-corrected chi connectivity index (χ2v) is 6.99. The second kappa shape index (κ2) is 7.89. The fraction of sp³-hybridized carbons (Fsp3) is 0.250. The monoisotopic (exact) mass is 435 g/mol. The summed E-state index contributed by atoms with van der Waals surface area (Å²) in [6, 6.07) is 7.43. The summed E-state index contributed by atoms with van der Waals surface area (Å²) < 4.78 is 53.4. The lowest BCUT2D eigenvalue weighted by atomic mass is 10.0. The molecule has 0 aliphatic carbocycles. The van der Waals surface area contributed by atoms with E-state index in [4.69, 9.17) is 5.11 Å². The summed E-state index contributed by atoms with van der Waals surface area (Å²) in [7, 11) is 0. The fourth-order valence-electron chi connectivity index (χ4n) is 3.44. The first-order valence-electron chi connectivity index (χ1n) is 9.35. The quantitative estimate of drug-likeness (QED) is 0.478. The van der Waals surface area contributed by atoms with Gasteiger partial charge in [0.2, 0.25) is 11.9 Å². The number of carbonyl (C=O) groups is 1. The number of hydrogen-bond donors (Lipinski definition) is 2. The van der Waals surface area contributed by atoms with Crippen molar-refractivity contribution in [3.63, 3.8) is 0 Å². The van der Waals surface area contributed by atoms with E-state index in [9.17, 15) is 22.4 Å². The number of alkyl halides is 3. The number of imidazole rings is 1. The average Bonchev–Trinajstić information content (AvgIpc) is 3.19. The Labute approximate surface area is 174 Å². The molecule has 7 nitrogen and oxygen atoms in total. The van der Waals surface area contributed by atoms with E-state index in [0.29, 0.717) is 30.3 Å². The van der Waals surface area contributed by atoms with Gasteiger partial charge in [-0.05, 0) is 18.2 Å². The molecule has 2 aromatic heterocycles. The lowest BCUT2D eigenvalue weighted by Crippen LogP contribution is -2.48. The maximum absolute atomic E-state index is 13.7. The molecule has 1 amide bonds. The number of amides is 1. The normalized spacial score (nSPS) is 14.7. The molecule has 1 aliphatic heterocycles. The first-order chi connectivity index (χ1) is 14.7. The van der Waals surface area contributed by atoms with Gasteiger partial charge in [-0.3, -0.25) is 0 Å². The molecule has 1 aromatic carbocycles. The maximum Gasteiger partial charge on any atom is 0.416 e. The van der Waals surface area contributed by atoms with E-state index < -0.39 is 23.8 Å². The predicted octanol–water partition coefficient (Wildman–Crippen LogP) is 4.10. The summed E-state index contributed by atoms with van der Waals surface area (Å²) in [6.07, 6.45) is -4.28. The van der Waals surface area contributed by atoms with Crippen LogP contribution in [0.15, 0.2) is 42.6 Å². The Kier molecular flexibility index (Phi) is 5.25. The highest BCUT2D eigenvalue weighted by Gasteiger charge is 2.31. The summed E-state index contributed by atoms with van der Waals surface area (Å²) in [5.41, 5.74) is 0.344. The Hall–Kier alpha value is -3.63. The number of nitrogens with one attached hydrogen (secondary N) is 1. The van der Waals surface area contributed by atoms with E-state index in [1.165, 1.54) is 29.3 Å². The summed E-state index contributed by atoms with van der Waals surface area (Å²) in [5.74, 6) is -0.372. The van der Waals surface area contributed by atoms with Crippen molar-refractivity contribution in [2.75, 3.05) is 31.1 Å². The van der Waals surface area contributed by atoms with Gasteiger partial charge in [-0.15, -0.1) is 0 Å². The molecule has 0 radical (unpaired) electrons. The van der Waals surface area contributed by atoms with Crippen LogP contribution in [0, 0.1) is 5.95 Å². The van der Waals surface area contributed by atoms with Gasteiger partial charge in [0.05, 0.1) is 17.0 Å². The van der Waals surface area contributed by atoms with Crippen LogP contribution in [-0.4, -0.2) is 57.2 Å². The van der Waals surface area contributed by atoms with Crippen LogP contribution in [0.2, 0.25) is 0 Å². The number of benzene rings is 1. The number of aromatic nitrogens is 3. The van der Waals surface area contributed by atoms with Crippen molar-refractivity contribution in [3.8, 4) is 22.5 Å². The van der Waals surface area contributed by atoms with Crippen LogP contribution in [0.25, 0.3) is 22.5 Å². The molecule has 0 atom stereocenters. The largest absolute Gasteiger partial charge is 0.465 e. The average molecular weight is 435 g/mol. The van der Waals surface area contributed by atoms with Gasteiger partial charge in [-0.2, -0.15) is 17.6 Å². The molecule has 162 valence electrons. The van der Waals surface area contributed by atoms with E-state index in [0.717, 1.165) is 18.2 Å². The molecule has 0 bridgehead atoms. The van der Waals surface area contributed by atoms with Crippen LogP contribution in [0.5, 0.6) is 0 Å². The number of anilines is 1. The number of H-pyrrole nitrogens is 1. The van der Waals surface area contributed by atoms with Crippen molar-refractivity contribution in [3.05, 3.63) is 54.1 Å². The zero-order chi connectivity index (χ0) is 22.2. The zero-order valence-corrected chi connectivity index (χ0v) is 16.0. The lowest BCUT2D eigenvalue weighted by Gasteiger charge is -2.32. The van der Waals surface area contributed by atoms with Gasteiger partial charge in [0, 0.05) is 49.6 Å². The molecular weight excluding hydrogens is 418 g/mol. The molecule has 0 spiro atoms. The Bertz CT molecular complexity index is 1110. The molecule has 31 heavy (non-hydrogen) atoms. The Morgan fingerprint density at radius 2 is 1.81 bits per heavy atom. The molecule has 3 aromatic rings. The lowest BCUT2D eigenvalue weighted by molar-refractivity contribution is -0.137. The molecule has 1 fully saturated rings. The number of hydrogen-bond acceptors (Lipinski definition) is 4.